The number of methoxy groups -OCH3 is 2. The zero-order valence-electron chi connectivity index (χ0n) is 36.9. The predicted molar refractivity (Wildman–Crippen MR) is 213 cm³/mol. The maximum Gasteiger partial charge on any atom is 0.408 e. The maximum absolute atomic E-state index is 13.3. The van der Waals surface area contributed by atoms with Crippen molar-refractivity contribution in [1.29, 1.82) is 0 Å². The lowest BCUT2D eigenvalue weighted by Gasteiger charge is -2.37. The number of ether oxygens (including phenoxy) is 4. The standard InChI is InChI=1S/C20H34N2O5.C11H21NO4.C9H15NO2.ClH/c1-18(2,3)14(21-17(25)27-19(4,5)6)15(23)22-10-11-12(20(11,7)8)13(22)16(24)26-9;1-10(2,3)7(8(13)14)12-9(15)16-11(4,5)6;1-9(2)5-4-10-7(6(5)9)8(11)12-3;/h11-14H,10H2,1-9H3,(H,21,25);7H,1-6H3,(H,12,15)(H,13,14);5-7,10H,4H2,1-3H3;1H/t11?,12?,13-,14+;7-;5?,6?,7-;/m010./s1. The molecule has 8 atom stereocenters. The minimum absolute atomic E-state index is 0. The Labute approximate surface area is 340 Å². The van der Waals surface area contributed by atoms with Crippen molar-refractivity contribution in [1.82, 2.24) is 20.9 Å². The number of carboxylic acid groups (broad SMARTS) is 1. The number of halogens is 1. The number of fused-ring (bicyclic) bond motifs is 2. The molecule has 4 fully saturated rings. The van der Waals surface area contributed by atoms with Crippen LogP contribution in [0.25, 0.3) is 0 Å². The Hall–Kier alpha value is -3.33. The summed E-state index contributed by atoms with van der Waals surface area (Å²) in [5, 5.41) is 17.2. The summed E-state index contributed by atoms with van der Waals surface area (Å²) in [5.74, 6) is -0.292. The largest absolute Gasteiger partial charge is 0.480 e. The van der Waals surface area contributed by atoms with E-state index in [2.05, 4.69) is 43.6 Å². The fraction of sp³-hybridized carbons (Fsp3) is 0.850. The van der Waals surface area contributed by atoms with Gasteiger partial charge in [-0.05, 0) is 87.5 Å². The first-order chi connectivity index (χ1) is 24.6. The number of carbonyl (C=O) groups excluding carboxylic acids is 5. The van der Waals surface area contributed by atoms with Gasteiger partial charge in [0.25, 0.3) is 0 Å². The molecule has 0 bridgehead atoms. The van der Waals surface area contributed by atoms with Crippen LogP contribution >= 0.6 is 12.4 Å². The number of hydrogen-bond acceptors (Lipinski definition) is 11. The summed E-state index contributed by atoms with van der Waals surface area (Å²) in [6.45, 7) is 31.4. The molecule has 0 aromatic carbocycles. The van der Waals surface area contributed by atoms with E-state index in [4.69, 9.17) is 24.1 Å². The molecule has 2 saturated carbocycles. The molecule has 0 aromatic heterocycles. The Morgan fingerprint density at radius 3 is 1.43 bits per heavy atom. The van der Waals surface area contributed by atoms with E-state index < -0.39 is 64.3 Å². The van der Waals surface area contributed by atoms with Crippen molar-refractivity contribution in [3.63, 3.8) is 0 Å². The number of piperidine rings is 2. The predicted octanol–water partition coefficient (Wildman–Crippen LogP) is 5.42. The summed E-state index contributed by atoms with van der Waals surface area (Å²) < 4.78 is 20.0. The fourth-order valence-corrected chi connectivity index (χ4v) is 7.79. The van der Waals surface area contributed by atoms with Crippen molar-refractivity contribution >= 4 is 48.4 Å². The molecule has 0 aromatic rings. The van der Waals surface area contributed by atoms with Crippen molar-refractivity contribution in [2.24, 2.45) is 45.3 Å². The molecule has 0 spiro atoms. The third-order valence-electron chi connectivity index (χ3n) is 11.0. The molecule has 2 aliphatic heterocycles. The Balaban J connectivity index is 0.000000458. The number of esters is 2. The second-order valence-corrected chi connectivity index (χ2v) is 20.5. The fourth-order valence-electron chi connectivity index (χ4n) is 7.79. The van der Waals surface area contributed by atoms with Crippen molar-refractivity contribution in [2.75, 3.05) is 27.3 Å². The van der Waals surface area contributed by atoms with Crippen LogP contribution in [0.3, 0.4) is 0 Å². The summed E-state index contributed by atoms with van der Waals surface area (Å²) in [7, 11) is 2.79. The van der Waals surface area contributed by atoms with Crippen LogP contribution in [0.2, 0.25) is 0 Å². The zero-order chi connectivity index (χ0) is 43.0. The molecule has 16 heteroatoms. The summed E-state index contributed by atoms with van der Waals surface area (Å²) in [6.07, 6.45) is -1.36. The Kier molecular flexibility index (Phi) is 16.0. The summed E-state index contributed by atoms with van der Waals surface area (Å²) in [5.41, 5.74) is -2.04. The number of likely N-dealkylation sites (tertiary alicyclic amines) is 1. The van der Waals surface area contributed by atoms with Crippen molar-refractivity contribution in [3.05, 3.63) is 0 Å². The lowest BCUT2D eigenvalue weighted by atomic mass is 9.85. The summed E-state index contributed by atoms with van der Waals surface area (Å²) in [6, 6.07) is -2.43. The number of amides is 3. The minimum Gasteiger partial charge on any atom is -0.480 e. The molecule has 2 aliphatic carbocycles. The molecular weight excluding hydrogens is 748 g/mol. The molecule has 2 saturated heterocycles. The van der Waals surface area contributed by atoms with E-state index in [0.717, 1.165) is 6.54 Å². The van der Waals surface area contributed by atoms with Crippen LogP contribution in [0, 0.1) is 45.3 Å². The second kappa shape index (κ2) is 17.7. The molecule has 15 nitrogen and oxygen atoms in total. The summed E-state index contributed by atoms with van der Waals surface area (Å²) >= 11 is 0. The highest BCUT2D eigenvalue weighted by atomic mass is 35.5. The number of alkyl carbamates (subject to hydrolysis) is 2. The summed E-state index contributed by atoms with van der Waals surface area (Å²) in [4.78, 5) is 73.3. The number of rotatable bonds is 6. The Bertz CT molecular complexity index is 1460. The Morgan fingerprint density at radius 2 is 1.09 bits per heavy atom. The number of carbonyl (C=O) groups is 6. The molecule has 0 radical (unpaired) electrons. The highest BCUT2D eigenvalue weighted by Crippen LogP contribution is 2.65. The molecule has 2 heterocycles. The van der Waals surface area contributed by atoms with Gasteiger partial charge in [0.2, 0.25) is 5.91 Å². The van der Waals surface area contributed by atoms with Gasteiger partial charge in [-0.25, -0.2) is 19.2 Å². The van der Waals surface area contributed by atoms with Crippen molar-refractivity contribution in [2.45, 2.75) is 146 Å². The van der Waals surface area contributed by atoms with Gasteiger partial charge in [0, 0.05) is 12.5 Å². The third-order valence-corrected chi connectivity index (χ3v) is 11.0. The number of nitrogens with zero attached hydrogens (tertiary/aromatic N) is 1. The molecular formula is C40H71ClN4O11. The monoisotopic (exact) mass is 818 g/mol. The van der Waals surface area contributed by atoms with Crippen LogP contribution in [-0.4, -0.2) is 109 Å². The average molecular weight is 819 g/mol. The highest BCUT2D eigenvalue weighted by molar-refractivity contribution is 5.91. The van der Waals surface area contributed by atoms with E-state index in [1.165, 1.54) is 14.2 Å². The molecule has 4 unspecified atom stereocenters. The van der Waals surface area contributed by atoms with Gasteiger partial charge >= 0.3 is 30.1 Å². The van der Waals surface area contributed by atoms with E-state index in [9.17, 15) is 28.8 Å². The van der Waals surface area contributed by atoms with E-state index >= 15 is 0 Å². The van der Waals surface area contributed by atoms with Gasteiger partial charge in [0.15, 0.2) is 0 Å². The van der Waals surface area contributed by atoms with Crippen LogP contribution in [0.15, 0.2) is 0 Å². The van der Waals surface area contributed by atoms with Gasteiger partial charge in [0.1, 0.15) is 35.4 Å². The van der Waals surface area contributed by atoms with Gasteiger partial charge < -0.3 is 44.9 Å². The van der Waals surface area contributed by atoms with Crippen LogP contribution in [0.4, 0.5) is 9.59 Å². The van der Waals surface area contributed by atoms with E-state index in [1.54, 1.807) is 67.2 Å². The zero-order valence-corrected chi connectivity index (χ0v) is 37.7. The van der Waals surface area contributed by atoms with Gasteiger partial charge in [0.05, 0.1) is 14.2 Å². The molecule has 4 rings (SSSR count). The van der Waals surface area contributed by atoms with Gasteiger partial charge in [-0.15, -0.1) is 12.4 Å². The number of carboxylic acids is 1. The molecule has 3 amide bonds. The van der Waals surface area contributed by atoms with E-state index in [-0.39, 0.29) is 47.6 Å². The molecule has 4 aliphatic rings. The topological polar surface area (TPSA) is 199 Å². The lowest BCUT2D eigenvalue weighted by molar-refractivity contribution is -0.154. The van der Waals surface area contributed by atoms with Crippen molar-refractivity contribution < 1.29 is 52.8 Å². The van der Waals surface area contributed by atoms with Crippen LogP contribution in [0.5, 0.6) is 0 Å². The van der Waals surface area contributed by atoms with Crippen LogP contribution in [-0.2, 0) is 38.1 Å². The van der Waals surface area contributed by atoms with E-state index in [0.29, 0.717) is 23.8 Å². The average Bonchev–Trinajstić information content (AvgIpc) is 3.47. The first-order valence-electron chi connectivity index (χ1n) is 19.0. The Morgan fingerprint density at radius 1 is 0.679 bits per heavy atom. The van der Waals surface area contributed by atoms with Crippen LogP contribution in [0.1, 0.15) is 111 Å². The highest BCUT2D eigenvalue weighted by Gasteiger charge is 2.70. The van der Waals surface area contributed by atoms with Gasteiger partial charge in [-0.3, -0.25) is 9.59 Å². The first kappa shape index (κ1) is 50.7. The third kappa shape index (κ3) is 12.6. The number of aliphatic carboxylic acids is 1. The first-order valence-corrected chi connectivity index (χ1v) is 19.0. The minimum atomic E-state index is -1.07. The smallest absolute Gasteiger partial charge is 0.408 e. The van der Waals surface area contributed by atoms with Crippen molar-refractivity contribution in [3.8, 4) is 0 Å². The SMILES string of the molecule is CC(C)(C)OC(=O)N[C@H](C(=O)O)C(C)(C)C.COC(=O)[C@@H]1C2C(CN1C(=O)[C@@H](NC(=O)OC(C)(C)C)C(C)(C)C)C2(C)C.COC(=O)[C@H]1NCC2C1C2(C)C.Cl. The lowest BCUT2D eigenvalue weighted by Crippen LogP contribution is -2.58. The quantitative estimate of drug-likeness (QED) is 0.197. The number of nitrogens with one attached hydrogen (secondary N) is 3. The maximum atomic E-state index is 13.3. The van der Waals surface area contributed by atoms with Gasteiger partial charge in [-0.2, -0.15) is 0 Å². The molecule has 324 valence electrons. The number of hydrogen-bond donors (Lipinski definition) is 4. The normalized spacial score (nSPS) is 26.3. The molecule has 4 N–H and O–H groups in total. The van der Waals surface area contributed by atoms with E-state index in [1.807, 2.05) is 20.8 Å². The molecule has 56 heavy (non-hydrogen) atoms. The second-order valence-electron chi connectivity index (χ2n) is 20.5. The van der Waals surface area contributed by atoms with Crippen LogP contribution < -0.4 is 16.0 Å². The van der Waals surface area contributed by atoms with Gasteiger partial charge in [-0.1, -0.05) is 69.2 Å².